The summed E-state index contributed by atoms with van der Waals surface area (Å²) in [6.07, 6.45) is 1.57. The number of anilines is 1. The van der Waals surface area contributed by atoms with Crippen molar-refractivity contribution in [1.82, 2.24) is 15.0 Å². The quantitative estimate of drug-likeness (QED) is 0.585. The number of carbonyl (C=O) groups is 1. The molecular formula is C22H22Cl2N4O2. The van der Waals surface area contributed by atoms with E-state index in [1.54, 1.807) is 12.1 Å². The zero-order valence-electron chi connectivity index (χ0n) is 16.6. The minimum atomic E-state index is -0.0129. The Morgan fingerprint density at radius 1 is 1.17 bits per heavy atom. The largest absolute Gasteiger partial charge is 0.338 e. The van der Waals surface area contributed by atoms with Crippen molar-refractivity contribution in [3.8, 4) is 11.4 Å². The maximum absolute atomic E-state index is 12.6. The van der Waals surface area contributed by atoms with Gasteiger partial charge in [-0.1, -0.05) is 40.5 Å². The second-order valence-corrected chi connectivity index (χ2v) is 8.39. The van der Waals surface area contributed by atoms with E-state index >= 15 is 0 Å². The molecule has 0 aliphatic carbocycles. The molecule has 0 saturated carbocycles. The fourth-order valence-electron chi connectivity index (χ4n) is 3.61. The van der Waals surface area contributed by atoms with Crippen LogP contribution in [0.15, 0.2) is 47.0 Å². The van der Waals surface area contributed by atoms with Crippen molar-refractivity contribution in [3.63, 3.8) is 0 Å². The number of piperidine rings is 1. The predicted molar refractivity (Wildman–Crippen MR) is 118 cm³/mol. The molecule has 2 aromatic carbocycles. The molecule has 8 heteroatoms. The minimum Gasteiger partial charge on any atom is -0.338 e. The molecule has 1 fully saturated rings. The fraction of sp³-hybridized carbons (Fsp3) is 0.318. The lowest BCUT2D eigenvalue weighted by atomic mass is 9.95. The van der Waals surface area contributed by atoms with Crippen LogP contribution in [0.2, 0.25) is 10.0 Å². The van der Waals surface area contributed by atoms with Crippen LogP contribution in [0.4, 0.5) is 5.69 Å². The van der Waals surface area contributed by atoms with Crippen molar-refractivity contribution in [3.05, 3.63) is 64.0 Å². The van der Waals surface area contributed by atoms with Gasteiger partial charge in [-0.2, -0.15) is 4.98 Å². The van der Waals surface area contributed by atoms with Crippen LogP contribution in [0, 0.1) is 12.8 Å². The van der Waals surface area contributed by atoms with Crippen molar-refractivity contribution >= 4 is 34.8 Å². The number of hydrogen-bond donors (Lipinski definition) is 1. The average Bonchev–Trinajstić information content (AvgIpc) is 3.19. The van der Waals surface area contributed by atoms with E-state index in [4.69, 9.17) is 27.7 Å². The van der Waals surface area contributed by atoms with Crippen LogP contribution in [-0.2, 0) is 11.3 Å². The number of amides is 1. The molecule has 156 valence electrons. The van der Waals surface area contributed by atoms with E-state index in [9.17, 15) is 4.79 Å². The molecule has 2 heterocycles. The molecular weight excluding hydrogens is 423 g/mol. The topological polar surface area (TPSA) is 71.3 Å². The van der Waals surface area contributed by atoms with Crippen LogP contribution in [0.5, 0.6) is 0 Å². The molecule has 1 N–H and O–H groups in total. The van der Waals surface area contributed by atoms with Crippen molar-refractivity contribution in [2.75, 3.05) is 18.4 Å². The highest BCUT2D eigenvalue weighted by molar-refractivity contribution is 6.31. The summed E-state index contributed by atoms with van der Waals surface area (Å²) in [5.74, 6) is 1.13. The Balaban J connectivity index is 1.30. The highest BCUT2D eigenvalue weighted by Gasteiger charge is 2.26. The van der Waals surface area contributed by atoms with Crippen molar-refractivity contribution < 1.29 is 9.32 Å². The van der Waals surface area contributed by atoms with Gasteiger partial charge in [0.1, 0.15) is 0 Å². The number of nitrogens with one attached hydrogen (secondary N) is 1. The zero-order chi connectivity index (χ0) is 21.1. The van der Waals surface area contributed by atoms with Crippen LogP contribution in [0.25, 0.3) is 11.4 Å². The second kappa shape index (κ2) is 9.16. The van der Waals surface area contributed by atoms with E-state index in [1.807, 2.05) is 37.3 Å². The molecule has 1 amide bonds. The van der Waals surface area contributed by atoms with E-state index in [0.717, 1.165) is 42.7 Å². The second-order valence-electron chi connectivity index (χ2n) is 7.52. The molecule has 0 atom stereocenters. The molecule has 0 unspecified atom stereocenters. The third-order valence-electron chi connectivity index (χ3n) is 5.31. The van der Waals surface area contributed by atoms with Crippen LogP contribution < -0.4 is 5.32 Å². The molecule has 6 nitrogen and oxygen atoms in total. The van der Waals surface area contributed by atoms with Gasteiger partial charge in [-0.25, -0.2) is 0 Å². The van der Waals surface area contributed by atoms with Crippen LogP contribution in [0.1, 0.15) is 24.3 Å². The third-order valence-corrected chi connectivity index (χ3v) is 5.78. The number of aromatic nitrogens is 2. The van der Waals surface area contributed by atoms with E-state index < -0.39 is 0 Å². The lowest BCUT2D eigenvalue weighted by molar-refractivity contribution is -0.121. The van der Waals surface area contributed by atoms with Gasteiger partial charge in [0.15, 0.2) is 0 Å². The summed E-state index contributed by atoms with van der Waals surface area (Å²) < 4.78 is 5.40. The zero-order valence-corrected chi connectivity index (χ0v) is 18.1. The van der Waals surface area contributed by atoms with Gasteiger partial charge in [0.25, 0.3) is 0 Å². The number of aryl methyl sites for hydroxylation is 1. The first kappa shape index (κ1) is 20.8. The highest BCUT2D eigenvalue weighted by atomic mass is 35.5. The molecule has 30 heavy (non-hydrogen) atoms. The highest BCUT2D eigenvalue weighted by Crippen LogP contribution is 2.25. The van der Waals surface area contributed by atoms with Gasteiger partial charge in [0.05, 0.1) is 6.54 Å². The van der Waals surface area contributed by atoms with Gasteiger partial charge in [-0.3, -0.25) is 9.69 Å². The number of carbonyl (C=O) groups excluding carboxylic acids is 1. The normalized spacial score (nSPS) is 15.3. The molecule has 0 spiro atoms. The molecule has 4 rings (SSSR count). The summed E-state index contributed by atoms with van der Waals surface area (Å²) >= 11 is 12.0. The number of benzene rings is 2. The Morgan fingerprint density at radius 2 is 1.93 bits per heavy atom. The fourth-order valence-corrected chi connectivity index (χ4v) is 4.03. The number of hydrogen-bond acceptors (Lipinski definition) is 5. The summed E-state index contributed by atoms with van der Waals surface area (Å²) in [7, 11) is 0. The van der Waals surface area contributed by atoms with Gasteiger partial charge >= 0.3 is 0 Å². The molecule has 1 aromatic heterocycles. The third kappa shape index (κ3) is 5.01. The lowest BCUT2D eigenvalue weighted by Gasteiger charge is -2.30. The Morgan fingerprint density at radius 3 is 2.67 bits per heavy atom. The Hall–Kier alpha value is -2.41. The first-order valence-corrected chi connectivity index (χ1v) is 10.6. The minimum absolute atomic E-state index is 0.0129. The molecule has 0 radical (unpaired) electrons. The lowest BCUT2D eigenvalue weighted by Crippen LogP contribution is -2.37. The Bertz CT molecular complexity index is 1050. The first-order chi connectivity index (χ1) is 14.5. The van der Waals surface area contributed by atoms with Gasteiger partial charge in [0, 0.05) is 27.2 Å². The summed E-state index contributed by atoms with van der Waals surface area (Å²) in [6, 6.07) is 12.8. The van der Waals surface area contributed by atoms with Crippen LogP contribution in [0.3, 0.4) is 0 Å². The smallest absolute Gasteiger partial charge is 0.241 e. The summed E-state index contributed by atoms with van der Waals surface area (Å²) in [6.45, 7) is 4.10. The number of rotatable bonds is 5. The van der Waals surface area contributed by atoms with E-state index in [0.29, 0.717) is 28.3 Å². The Labute approximate surface area is 185 Å². The molecule has 1 aliphatic heterocycles. The number of likely N-dealkylation sites (tertiary alicyclic amines) is 1. The molecule has 1 aliphatic rings. The average molecular weight is 445 g/mol. The standard InChI is InChI=1S/C22H22Cl2N4O2/c1-14-11-18(24)5-6-19(14)25-22(29)15-7-9-28(10-8-15)13-20-26-21(27-30-20)16-3-2-4-17(23)12-16/h2-6,11-12,15H,7-10,13H2,1H3,(H,25,29). The van der Waals surface area contributed by atoms with Gasteiger partial charge in [-0.05, 0) is 68.8 Å². The monoisotopic (exact) mass is 444 g/mol. The van der Waals surface area contributed by atoms with E-state index in [2.05, 4.69) is 20.4 Å². The van der Waals surface area contributed by atoms with Crippen LogP contribution >= 0.6 is 23.2 Å². The summed E-state index contributed by atoms with van der Waals surface area (Å²) in [5.41, 5.74) is 2.59. The van der Waals surface area contributed by atoms with E-state index in [1.165, 1.54) is 0 Å². The summed E-state index contributed by atoms with van der Waals surface area (Å²) in [4.78, 5) is 19.3. The van der Waals surface area contributed by atoms with Gasteiger partial charge in [-0.15, -0.1) is 0 Å². The van der Waals surface area contributed by atoms with Gasteiger partial charge in [0.2, 0.25) is 17.6 Å². The summed E-state index contributed by atoms with van der Waals surface area (Å²) in [5, 5.41) is 8.38. The van der Waals surface area contributed by atoms with E-state index in [-0.39, 0.29) is 11.8 Å². The molecule has 0 bridgehead atoms. The van der Waals surface area contributed by atoms with Crippen LogP contribution in [-0.4, -0.2) is 34.0 Å². The maximum atomic E-state index is 12.6. The number of nitrogens with zero attached hydrogens (tertiary/aromatic N) is 3. The maximum Gasteiger partial charge on any atom is 0.241 e. The van der Waals surface area contributed by atoms with Crippen molar-refractivity contribution in [2.45, 2.75) is 26.3 Å². The first-order valence-electron chi connectivity index (χ1n) is 9.86. The predicted octanol–water partition coefficient (Wildman–Crippen LogP) is 5.20. The molecule has 1 saturated heterocycles. The molecule has 3 aromatic rings. The van der Waals surface area contributed by atoms with Crippen molar-refractivity contribution in [1.29, 1.82) is 0 Å². The van der Waals surface area contributed by atoms with Gasteiger partial charge < -0.3 is 9.84 Å². The van der Waals surface area contributed by atoms with Crippen molar-refractivity contribution in [2.24, 2.45) is 5.92 Å². The number of halogens is 2. The Kier molecular flexibility index (Phi) is 6.37. The SMILES string of the molecule is Cc1cc(Cl)ccc1NC(=O)C1CCN(Cc2nc(-c3cccc(Cl)c3)no2)CC1.